The number of hydrogen-bond donors (Lipinski definition) is 0. The van der Waals surface area contributed by atoms with Gasteiger partial charge in [-0.25, -0.2) is 0 Å². The Kier molecular flexibility index (Phi) is 11.8. The third-order valence-corrected chi connectivity index (χ3v) is 19.5. The molecule has 18 rings (SSSR count). The number of rotatable bonds is 7. The van der Waals surface area contributed by atoms with E-state index in [-0.39, 0.29) is 17.5 Å². The molecule has 0 radical (unpaired) electrons. The molecule has 0 saturated heterocycles. The lowest BCUT2D eigenvalue weighted by Gasteiger charge is -2.46. The lowest BCUT2D eigenvalue weighted by molar-refractivity contribution is 0.572. The predicted molar refractivity (Wildman–Crippen MR) is 387 cm³/mol. The summed E-state index contributed by atoms with van der Waals surface area (Å²) in [6.45, 7) is 13.6. The second-order valence-corrected chi connectivity index (χ2v) is 27.1. The Morgan fingerprint density at radius 2 is 0.652 bits per heavy atom. The molecule has 13 aromatic carbocycles. The molecule has 0 amide bonds. The second-order valence-electron chi connectivity index (χ2n) is 27.1. The van der Waals surface area contributed by atoms with E-state index in [1.165, 1.54) is 16.4 Å². The molecule has 0 fully saturated rings. The van der Waals surface area contributed by atoms with Gasteiger partial charge in [-0.05, 0) is 138 Å². The van der Waals surface area contributed by atoms with Gasteiger partial charge in [0.1, 0.15) is 33.5 Å². The van der Waals surface area contributed by atoms with Crippen LogP contribution in [0.4, 0.5) is 34.1 Å². The lowest BCUT2D eigenvalue weighted by atomic mass is 9.33. The number of para-hydroxylation sites is 3. The molecule has 92 heavy (non-hydrogen) atoms. The summed E-state index contributed by atoms with van der Waals surface area (Å²) >= 11 is 0. The molecule has 16 aromatic rings. The molecule has 0 spiro atoms. The van der Waals surface area contributed by atoms with Crippen LogP contribution >= 0.6 is 0 Å². The van der Waals surface area contributed by atoms with Crippen molar-refractivity contribution >= 4 is 123 Å². The number of fused-ring (bicyclic) bond motifs is 13. The highest BCUT2D eigenvalue weighted by molar-refractivity contribution is 7.00. The first-order valence-electron chi connectivity index (χ1n) is 32.1. The molecule has 5 heterocycles. The molecule has 6 heteroatoms. The van der Waals surface area contributed by atoms with Gasteiger partial charge in [0.15, 0.2) is 0 Å². The third-order valence-electron chi connectivity index (χ3n) is 19.5. The maximum Gasteiger partial charge on any atom is 0.252 e. The van der Waals surface area contributed by atoms with Crippen molar-refractivity contribution in [3.63, 3.8) is 0 Å². The summed E-state index contributed by atoms with van der Waals surface area (Å²) in [5.74, 6) is 0. The first-order valence-corrected chi connectivity index (χ1v) is 32.1. The van der Waals surface area contributed by atoms with E-state index in [2.05, 4.69) is 324 Å². The van der Waals surface area contributed by atoms with E-state index in [0.717, 1.165) is 167 Å². The summed E-state index contributed by atoms with van der Waals surface area (Å²) in [5.41, 5.74) is 28.2. The number of hydrogen-bond acceptors (Lipinski definition) is 5. The molecular formula is C86H63BN2O3. The van der Waals surface area contributed by atoms with E-state index in [1.807, 2.05) is 0 Å². The van der Waals surface area contributed by atoms with Gasteiger partial charge in [-0.2, -0.15) is 0 Å². The molecule has 0 unspecified atom stereocenters. The molecule has 3 aromatic heterocycles. The molecule has 5 nitrogen and oxygen atoms in total. The van der Waals surface area contributed by atoms with E-state index < -0.39 is 0 Å². The first kappa shape index (κ1) is 53.9. The fourth-order valence-electron chi connectivity index (χ4n) is 15.2. The van der Waals surface area contributed by atoms with Crippen LogP contribution in [-0.4, -0.2) is 6.71 Å². The molecule has 0 saturated carbocycles. The van der Waals surface area contributed by atoms with Crippen LogP contribution in [0, 0.1) is 0 Å². The van der Waals surface area contributed by atoms with E-state index in [9.17, 15) is 0 Å². The molecule has 0 aliphatic carbocycles. The molecule has 2 aliphatic rings. The summed E-state index contributed by atoms with van der Waals surface area (Å²) in [7, 11) is 0. The van der Waals surface area contributed by atoms with Crippen LogP contribution < -0.4 is 26.2 Å². The average molecular weight is 1180 g/mol. The average Bonchev–Trinajstić information content (AvgIpc) is 0.926. The fourth-order valence-corrected chi connectivity index (χ4v) is 15.2. The molecule has 0 atom stereocenters. The van der Waals surface area contributed by atoms with Gasteiger partial charge in [-0.15, -0.1) is 0 Å². The Morgan fingerprint density at radius 1 is 0.283 bits per heavy atom. The van der Waals surface area contributed by atoms with Gasteiger partial charge in [0, 0.05) is 66.5 Å². The van der Waals surface area contributed by atoms with Crippen LogP contribution in [0.1, 0.15) is 52.7 Å². The monoisotopic (exact) mass is 1180 g/mol. The maximum absolute atomic E-state index is 7.30. The topological polar surface area (TPSA) is 45.9 Å². The van der Waals surface area contributed by atoms with Crippen LogP contribution in [0.15, 0.2) is 286 Å². The highest BCUT2D eigenvalue weighted by Crippen LogP contribution is 2.57. The van der Waals surface area contributed by atoms with Crippen LogP contribution in [-0.2, 0) is 10.8 Å². The van der Waals surface area contributed by atoms with Crippen molar-refractivity contribution in [2.45, 2.75) is 52.4 Å². The van der Waals surface area contributed by atoms with Crippen molar-refractivity contribution < 1.29 is 13.3 Å². The minimum atomic E-state index is -0.291. The molecule has 2 aliphatic heterocycles. The quantitative estimate of drug-likeness (QED) is 0.149. The summed E-state index contributed by atoms with van der Waals surface area (Å²) in [4.78, 5) is 5.28. The number of anilines is 6. The van der Waals surface area contributed by atoms with Gasteiger partial charge in [0.05, 0.1) is 22.1 Å². The summed E-state index contributed by atoms with van der Waals surface area (Å²) in [5, 5.41) is 6.42. The van der Waals surface area contributed by atoms with Crippen molar-refractivity contribution in [3.05, 3.63) is 284 Å². The Bertz CT molecular complexity index is 5380. The normalized spacial score (nSPS) is 13.0. The second kappa shape index (κ2) is 20.2. The van der Waals surface area contributed by atoms with Gasteiger partial charge in [0.25, 0.3) is 6.71 Å². The van der Waals surface area contributed by atoms with E-state index in [0.29, 0.717) is 0 Å². The predicted octanol–water partition coefficient (Wildman–Crippen LogP) is 22.4. The van der Waals surface area contributed by atoms with Crippen LogP contribution in [0.3, 0.4) is 0 Å². The molecule has 0 bridgehead atoms. The first-order chi connectivity index (χ1) is 44.9. The summed E-state index contributed by atoms with van der Waals surface area (Å²) < 4.78 is 21.2. The van der Waals surface area contributed by atoms with Crippen molar-refractivity contribution in [2.75, 3.05) is 9.80 Å². The zero-order valence-electron chi connectivity index (χ0n) is 52.2. The molecule has 0 N–H and O–H groups in total. The van der Waals surface area contributed by atoms with Gasteiger partial charge in [-0.3, -0.25) is 0 Å². The maximum atomic E-state index is 7.30. The Hall–Kier alpha value is -11.1. The highest BCUT2D eigenvalue weighted by Gasteiger charge is 2.46. The van der Waals surface area contributed by atoms with E-state index in [4.69, 9.17) is 13.3 Å². The zero-order valence-corrected chi connectivity index (χ0v) is 52.2. The van der Waals surface area contributed by atoms with Crippen molar-refractivity contribution in [3.8, 4) is 55.6 Å². The molecular weight excluding hydrogens is 1120 g/mol. The summed E-state index contributed by atoms with van der Waals surface area (Å²) in [6, 6.07) is 101. The van der Waals surface area contributed by atoms with Crippen LogP contribution in [0.2, 0.25) is 0 Å². The van der Waals surface area contributed by atoms with Crippen LogP contribution in [0.5, 0.6) is 0 Å². The number of furan rings is 3. The summed E-state index contributed by atoms with van der Waals surface area (Å²) in [6.07, 6.45) is 0. The SMILES string of the molecule is CC(C)(C)c1cc(-c2ccccc2)c(N2c3ccc(-c4ccccc4)cc3B3c4cc(-c5ccccc5)ccc4N(c4c(-c5ccccc5)cc(C(C)(C)C)c5oc6ccccc6c45)c4cc(-c5ccc6oc7ccccc7c6c5)cc2c43)c2c1oc1ccccc12. The Balaban J connectivity index is 1.06. The van der Waals surface area contributed by atoms with Crippen LogP contribution in [0.25, 0.3) is 121 Å². The van der Waals surface area contributed by atoms with Gasteiger partial charge < -0.3 is 23.1 Å². The van der Waals surface area contributed by atoms with Gasteiger partial charge >= 0.3 is 0 Å². The third kappa shape index (κ3) is 8.26. The smallest absolute Gasteiger partial charge is 0.252 e. The minimum absolute atomic E-state index is 0.268. The van der Waals surface area contributed by atoms with E-state index in [1.54, 1.807) is 0 Å². The Labute approximate surface area is 535 Å². The zero-order chi connectivity index (χ0) is 61.7. The fraction of sp³-hybridized carbons (Fsp3) is 0.0930. The van der Waals surface area contributed by atoms with Gasteiger partial charge in [0.2, 0.25) is 0 Å². The minimum Gasteiger partial charge on any atom is -0.456 e. The van der Waals surface area contributed by atoms with E-state index >= 15 is 0 Å². The van der Waals surface area contributed by atoms with Crippen molar-refractivity contribution in [1.29, 1.82) is 0 Å². The Morgan fingerprint density at radius 3 is 1.10 bits per heavy atom. The molecule has 438 valence electrons. The lowest BCUT2D eigenvalue weighted by Crippen LogP contribution is -2.61. The highest BCUT2D eigenvalue weighted by atomic mass is 16.3. The number of nitrogens with zero attached hydrogens (tertiary/aromatic N) is 2. The number of benzene rings is 13. The van der Waals surface area contributed by atoms with Crippen molar-refractivity contribution in [2.24, 2.45) is 0 Å². The standard InChI is InChI=1S/C86H63BN2O3/c1-85(2,3)66-50-63(54-29-15-9-16-30-54)81(78-61-34-20-23-37-75(61)91-83(66)78)88-70-42-39-57(52-25-11-7-12-26-52)46-68(70)87-69-47-58(53-27-13-8-14-28-53)40-43-71(69)89(73-49-59(48-72(88)80(73)87)56-41-44-77-65(45-56)60-33-19-22-36-74(60)90-77)82-64(55-31-17-10-18-32-55)51-67(86(4,5)6)84-79(82)62-35-21-24-38-76(62)92-84/h7-51H,1-6H3. The largest absolute Gasteiger partial charge is 0.456 e. The van der Waals surface area contributed by atoms with Gasteiger partial charge in [-0.1, -0.05) is 248 Å². The van der Waals surface area contributed by atoms with Crippen molar-refractivity contribution in [1.82, 2.24) is 0 Å².